The van der Waals surface area contributed by atoms with Gasteiger partial charge in [-0.05, 0) is 55.3 Å². The van der Waals surface area contributed by atoms with E-state index >= 15 is 0 Å². The summed E-state index contributed by atoms with van der Waals surface area (Å²) >= 11 is 0. The van der Waals surface area contributed by atoms with Crippen LogP contribution < -0.4 is 10.1 Å². The van der Waals surface area contributed by atoms with Crippen molar-refractivity contribution < 1.29 is 9.84 Å². The standard InChI is InChI=1S/C15H21NO2/c1-18-13-4-2-3-10(5-13)6-15-14-8-12(17)7-11(14)9-16-15/h2-5,11-12,14-17H,6-9H2,1H3. The van der Waals surface area contributed by atoms with Crippen LogP contribution in [0.3, 0.4) is 0 Å². The summed E-state index contributed by atoms with van der Waals surface area (Å²) in [5.74, 6) is 2.25. The highest BCUT2D eigenvalue weighted by Crippen LogP contribution is 2.39. The maximum Gasteiger partial charge on any atom is 0.119 e. The van der Waals surface area contributed by atoms with Gasteiger partial charge in [-0.25, -0.2) is 0 Å². The van der Waals surface area contributed by atoms with Gasteiger partial charge in [0.05, 0.1) is 13.2 Å². The number of hydrogen-bond acceptors (Lipinski definition) is 3. The van der Waals surface area contributed by atoms with Crippen LogP contribution in [0.5, 0.6) is 5.75 Å². The summed E-state index contributed by atoms with van der Waals surface area (Å²) in [5, 5.41) is 13.4. The Morgan fingerprint density at radius 2 is 2.28 bits per heavy atom. The van der Waals surface area contributed by atoms with Crippen LogP contribution in [0.4, 0.5) is 0 Å². The molecule has 0 spiro atoms. The fourth-order valence-electron chi connectivity index (χ4n) is 3.59. The summed E-state index contributed by atoms with van der Waals surface area (Å²) in [5.41, 5.74) is 1.31. The average molecular weight is 247 g/mol. The van der Waals surface area contributed by atoms with Gasteiger partial charge in [-0.1, -0.05) is 12.1 Å². The van der Waals surface area contributed by atoms with Gasteiger partial charge in [-0.15, -0.1) is 0 Å². The van der Waals surface area contributed by atoms with Crippen molar-refractivity contribution in [3.63, 3.8) is 0 Å². The molecule has 2 aliphatic rings. The van der Waals surface area contributed by atoms with E-state index in [1.807, 2.05) is 12.1 Å². The highest BCUT2D eigenvalue weighted by atomic mass is 16.5. The lowest BCUT2D eigenvalue weighted by atomic mass is 9.90. The number of rotatable bonds is 3. The molecule has 1 saturated carbocycles. The molecule has 0 aromatic heterocycles. The first-order valence-corrected chi connectivity index (χ1v) is 6.80. The molecule has 1 aliphatic heterocycles. The quantitative estimate of drug-likeness (QED) is 0.852. The Kier molecular flexibility index (Phi) is 3.27. The molecule has 1 aliphatic carbocycles. The molecule has 98 valence electrons. The normalized spacial score (nSPS) is 34.6. The molecule has 0 radical (unpaired) electrons. The minimum atomic E-state index is -0.0742. The molecule has 1 aromatic rings. The molecule has 0 amide bonds. The third-order valence-corrected chi connectivity index (χ3v) is 4.47. The van der Waals surface area contributed by atoms with Crippen molar-refractivity contribution in [3.05, 3.63) is 29.8 Å². The fraction of sp³-hybridized carbons (Fsp3) is 0.600. The molecule has 3 rings (SSSR count). The number of methoxy groups -OCH3 is 1. The number of aliphatic hydroxyl groups is 1. The molecule has 0 bridgehead atoms. The lowest BCUT2D eigenvalue weighted by Crippen LogP contribution is -2.30. The van der Waals surface area contributed by atoms with Crippen LogP contribution in [-0.2, 0) is 6.42 Å². The van der Waals surface area contributed by atoms with Crippen LogP contribution in [0.1, 0.15) is 18.4 Å². The van der Waals surface area contributed by atoms with Gasteiger partial charge in [0.2, 0.25) is 0 Å². The Hall–Kier alpha value is -1.06. The van der Waals surface area contributed by atoms with E-state index in [0.717, 1.165) is 31.6 Å². The Bertz CT molecular complexity index is 421. The first-order valence-electron chi connectivity index (χ1n) is 6.80. The second-order valence-corrected chi connectivity index (χ2v) is 5.62. The average Bonchev–Trinajstić information content (AvgIpc) is 2.90. The summed E-state index contributed by atoms with van der Waals surface area (Å²) in [6.07, 6.45) is 2.90. The van der Waals surface area contributed by atoms with Crippen LogP contribution in [-0.4, -0.2) is 30.9 Å². The highest BCUT2D eigenvalue weighted by Gasteiger charge is 2.42. The smallest absolute Gasteiger partial charge is 0.119 e. The zero-order chi connectivity index (χ0) is 12.5. The molecule has 3 heteroatoms. The van der Waals surface area contributed by atoms with Gasteiger partial charge in [0.25, 0.3) is 0 Å². The van der Waals surface area contributed by atoms with E-state index < -0.39 is 0 Å². The molecule has 2 N–H and O–H groups in total. The summed E-state index contributed by atoms with van der Waals surface area (Å²) in [7, 11) is 1.70. The fourth-order valence-corrected chi connectivity index (χ4v) is 3.59. The number of ether oxygens (including phenoxy) is 1. The van der Waals surface area contributed by atoms with Crippen molar-refractivity contribution in [1.29, 1.82) is 0 Å². The topological polar surface area (TPSA) is 41.5 Å². The maximum atomic E-state index is 9.75. The van der Waals surface area contributed by atoms with E-state index in [2.05, 4.69) is 17.4 Å². The van der Waals surface area contributed by atoms with E-state index in [1.165, 1.54) is 5.56 Å². The third kappa shape index (κ3) is 2.25. The van der Waals surface area contributed by atoms with Crippen molar-refractivity contribution in [2.75, 3.05) is 13.7 Å². The van der Waals surface area contributed by atoms with Gasteiger partial charge in [-0.3, -0.25) is 0 Å². The number of nitrogens with one attached hydrogen (secondary N) is 1. The van der Waals surface area contributed by atoms with E-state index in [4.69, 9.17) is 4.74 Å². The zero-order valence-electron chi connectivity index (χ0n) is 10.8. The Labute approximate surface area is 108 Å². The Morgan fingerprint density at radius 3 is 3.11 bits per heavy atom. The van der Waals surface area contributed by atoms with Crippen LogP contribution in [0.15, 0.2) is 24.3 Å². The maximum absolute atomic E-state index is 9.75. The zero-order valence-corrected chi connectivity index (χ0v) is 10.8. The third-order valence-electron chi connectivity index (χ3n) is 4.47. The molecular weight excluding hydrogens is 226 g/mol. The number of fused-ring (bicyclic) bond motifs is 1. The van der Waals surface area contributed by atoms with Gasteiger partial charge in [0.1, 0.15) is 5.75 Å². The van der Waals surface area contributed by atoms with Gasteiger partial charge in [-0.2, -0.15) is 0 Å². The number of hydrogen-bond donors (Lipinski definition) is 2. The highest BCUT2D eigenvalue weighted by molar-refractivity contribution is 5.29. The van der Waals surface area contributed by atoms with Crippen LogP contribution in [0.25, 0.3) is 0 Å². The summed E-state index contributed by atoms with van der Waals surface area (Å²) < 4.78 is 5.26. The summed E-state index contributed by atoms with van der Waals surface area (Å²) in [6, 6.07) is 8.81. The molecule has 1 saturated heterocycles. The first-order chi connectivity index (χ1) is 8.76. The van der Waals surface area contributed by atoms with Gasteiger partial charge < -0.3 is 15.2 Å². The van der Waals surface area contributed by atoms with Crippen LogP contribution in [0, 0.1) is 11.8 Å². The SMILES string of the molecule is COc1cccc(CC2NCC3CC(O)CC32)c1. The van der Waals surface area contributed by atoms with E-state index in [-0.39, 0.29) is 6.10 Å². The van der Waals surface area contributed by atoms with Gasteiger partial charge >= 0.3 is 0 Å². The number of aliphatic hydroxyl groups excluding tert-OH is 1. The molecule has 1 aromatic carbocycles. The minimum absolute atomic E-state index is 0.0742. The molecule has 18 heavy (non-hydrogen) atoms. The second kappa shape index (κ2) is 4.90. The molecule has 4 atom stereocenters. The summed E-state index contributed by atoms with van der Waals surface area (Å²) in [6.45, 7) is 1.07. The largest absolute Gasteiger partial charge is 0.497 e. The molecule has 2 fully saturated rings. The van der Waals surface area contributed by atoms with Gasteiger partial charge in [0.15, 0.2) is 0 Å². The van der Waals surface area contributed by atoms with Crippen molar-refractivity contribution >= 4 is 0 Å². The monoisotopic (exact) mass is 247 g/mol. The lowest BCUT2D eigenvalue weighted by Gasteiger charge is -2.18. The molecular formula is C15H21NO2. The lowest BCUT2D eigenvalue weighted by molar-refractivity contribution is 0.169. The minimum Gasteiger partial charge on any atom is -0.497 e. The molecule has 3 nitrogen and oxygen atoms in total. The molecule has 4 unspecified atom stereocenters. The predicted octanol–water partition coefficient (Wildman–Crippen LogP) is 1.60. The second-order valence-electron chi connectivity index (χ2n) is 5.62. The van der Waals surface area contributed by atoms with Crippen molar-refractivity contribution in [2.24, 2.45) is 11.8 Å². The van der Waals surface area contributed by atoms with Crippen molar-refractivity contribution in [1.82, 2.24) is 5.32 Å². The predicted molar refractivity (Wildman–Crippen MR) is 70.7 cm³/mol. The number of benzene rings is 1. The summed E-state index contributed by atoms with van der Waals surface area (Å²) in [4.78, 5) is 0. The van der Waals surface area contributed by atoms with Crippen LogP contribution >= 0.6 is 0 Å². The van der Waals surface area contributed by atoms with Crippen LogP contribution in [0.2, 0.25) is 0 Å². The van der Waals surface area contributed by atoms with E-state index in [1.54, 1.807) is 7.11 Å². The van der Waals surface area contributed by atoms with Gasteiger partial charge in [0, 0.05) is 6.04 Å². The first kappa shape index (κ1) is 12.0. The Morgan fingerprint density at radius 1 is 1.39 bits per heavy atom. The molecule has 1 heterocycles. The van der Waals surface area contributed by atoms with E-state index in [9.17, 15) is 5.11 Å². The Balaban J connectivity index is 1.69. The van der Waals surface area contributed by atoms with Crippen molar-refractivity contribution in [2.45, 2.75) is 31.4 Å². The van der Waals surface area contributed by atoms with Crippen molar-refractivity contribution in [3.8, 4) is 5.75 Å². The van der Waals surface area contributed by atoms with E-state index in [0.29, 0.717) is 17.9 Å².